The summed E-state index contributed by atoms with van der Waals surface area (Å²) in [6, 6.07) is -4.92. The molecule has 0 amide bonds. The third kappa shape index (κ3) is 2.84. The Labute approximate surface area is 102 Å². The third-order valence-electron chi connectivity index (χ3n) is 2.57. The highest BCUT2D eigenvalue weighted by Gasteiger charge is 2.64. The molecule has 0 N–H and O–H groups in total. The Bertz CT molecular complexity index is 331. The first kappa shape index (κ1) is 15.0. The Kier molecular flexibility index (Phi) is 3.53. The summed E-state index contributed by atoms with van der Waals surface area (Å²) in [5, 5.41) is 4.63. The molecule has 1 unspecified atom stereocenters. The quantitative estimate of drug-likeness (QED) is 0.568. The molecule has 0 aliphatic carbocycles. The van der Waals surface area contributed by atoms with Crippen LogP contribution in [-0.2, 0) is 0 Å². The van der Waals surface area contributed by atoms with E-state index in [1.807, 2.05) is 0 Å². The number of alkyl halides is 5. The van der Waals surface area contributed by atoms with Gasteiger partial charge in [0.15, 0.2) is 0 Å². The Balaban J connectivity index is 2.98. The van der Waals surface area contributed by atoms with Gasteiger partial charge in [0.25, 0.3) is 0 Å². The molecule has 0 fully saturated rings. The van der Waals surface area contributed by atoms with Crippen LogP contribution in [0.25, 0.3) is 0 Å². The van der Waals surface area contributed by atoms with Gasteiger partial charge >= 0.3 is 12.2 Å². The number of rotatable bonds is 2. The molecule has 0 spiro atoms. The first-order chi connectivity index (χ1) is 7.86. The Morgan fingerprint density at radius 3 is 2.00 bits per heavy atom. The van der Waals surface area contributed by atoms with Crippen LogP contribution in [0.2, 0.25) is 0 Å². The van der Waals surface area contributed by atoms with Gasteiger partial charge in [0.05, 0.1) is 0 Å². The summed E-state index contributed by atoms with van der Waals surface area (Å²) in [5.74, 6) is 0. The molecule has 0 radical (unpaired) electrons. The van der Waals surface area contributed by atoms with Crippen molar-refractivity contribution in [1.29, 1.82) is 0 Å². The van der Waals surface area contributed by atoms with E-state index in [2.05, 4.69) is 5.10 Å². The van der Waals surface area contributed by atoms with Crippen LogP contribution < -0.4 is 0 Å². The predicted molar refractivity (Wildman–Crippen MR) is 57.0 cm³/mol. The maximum atomic E-state index is 13.3. The lowest BCUT2D eigenvalue weighted by molar-refractivity contribution is -0.334. The first-order valence-electron chi connectivity index (χ1n) is 5.36. The largest absolute Gasteiger partial charge is 0.475 e. The van der Waals surface area contributed by atoms with Crippen LogP contribution in [0.5, 0.6) is 0 Å². The van der Waals surface area contributed by atoms with Crippen molar-refractivity contribution in [3.8, 4) is 0 Å². The molecule has 0 saturated carbocycles. The predicted octanol–water partition coefficient (Wildman–Crippen LogP) is 3.09. The van der Waals surface area contributed by atoms with Crippen molar-refractivity contribution in [3.05, 3.63) is 0 Å². The van der Waals surface area contributed by atoms with E-state index < -0.39 is 23.8 Å². The molecule has 1 atom stereocenters. The second kappa shape index (κ2) is 4.24. The normalized spacial score (nSPS) is 21.9. The van der Waals surface area contributed by atoms with Gasteiger partial charge in [-0.25, -0.2) is 0 Å². The molecule has 1 heterocycles. The van der Waals surface area contributed by atoms with Crippen molar-refractivity contribution in [1.82, 2.24) is 9.91 Å². The molecule has 1 aliphatic rings. The van der Waals surface area contributed by atoms with Crippen molar-refractivity contribution in [2.24, 2.45) is 10.5 Å². The molecule has 1 rings (SSSR count). The highest BCUT2D eigenvalue weighted by atomic mass is 19.4. The van der Waals surface area contributed by atoms with Crippen LogP contribution in [0.1, 0.15) is 27.2 Å². The maximum Gasteiger partial charge on any atom is 0.475 e. The Morgan fingerprint density at radius 2 is 1.61 bits per heavy atom. The molecule has 8 heteroatoms. The van der Waals surface area contributed by atoms with Gasteiger partial charge in [-0.05, 0) is 11.8 Å². The first-order valence-corrected chi connectivity index (χ1v) is 5.36. The standard InChI is InChI=1S/C10H16F5N3/c1-8(2,3)5-7-17(4)16-6-18(7)10(14,15)9(11,12)13/h6-7H,5H2,1-4H3. The summed E-state index contributed by atoms with van der Waals surface area (Å²) in [7, 11) is 1.37. The number of hydrazone groups is 1. The minimum absolute atomic E-state index is 0.0295. The average Bonchev–Trinajstić information content (AvgIpc) is 2.43. The molecule has 0 bridgehead atoms. The van der Waals surface area contributed by atoms with E-state index in [0.717, 1.165) is 5.01 Å². The highest BCUT2D eigenvalue weighted by molar-refractivity contribution is 5.58. The molecule has 0 aromatic heterocycles. The second-order valence-corrected chi connectivity index (χ2v) is 5.50. The van der Waals surface area contributed by atoms with E-state index in [0.29, 0.717) is 6.34 Å². The lowest BCUT2D eigenvalue weighted by Gasteiger charge is -2.37. The van der Waals surface area contributed by atoms with Crippen LogP contribution in [0.4, 0.5) is 22.0 Å². The van der Waals surface area contributed by atoms with Crippen LogP contribution in [0.15, 0.2) is 5.10 Å². The van der Waals surface area contributed by atoms with Crippen LogP contribution in [0.3, 0.4) is 0 Å². The van der Waals surface area contributed by atoms with E-state index in [4.69, 9.17) is 0 Å². The van der Waals surface area contributed by atoms with Gasteiger partial charge in [0.2, 0.25) is 0 Å². The summed E-state index contributed by atoms with van der Waals surface area (Å²) in [4.78, 5) is -0.0295. The van der Waals surface area contributed by atoms with Crippen LogP contribution >= 0.6 is 0 Å². The zero-order valence-electron chi connectivity index (χ0n) is 10.6. The van der Waals surface area contributed by atoms with E-state index in [1.54, 1.807) is 20.8 Å². The topological polar surface area (TPSA) is 18.8 Å². The van der Waals surface area contributed by atoms with Crippen molar-refractivity contribution in [2.75, 3.05) is 7.05 Å². The second-order valence-electron chi connectivity index (χ2n) is 5.50. The van der Waals surface area contributed by atoms with Gasteiger partial charge in [-0.15, -0.1) is 0 Å². The fourth-order valence-electron chi connectivity index (χ4n) is 1.66. The van der Waals surface area contributed by atoms with Gasteiger partial charge in [0, 0.05) is 7.05 Å². The van der Waals surface area contributed by atoms with Crippen molar-refractivity contribution >= 4 is 6.34 Å². The Morgan fingerprint density at radius 1 is 1.11 bits per heavy atom. The SMILES string of the molecule is CN1N=CN(C(F)(F)C(F)(F)F)C1CC(C)(C)C. The van der Waals surface area contributed by atoms with E-state index >= 15 is 0 Å². The number of hydrogen-bond acceptors (Lipinski definition) is 3. The number of nitrogens with zero attached hydrogens (tertiary/aromatic N) is 3. The molecule has 0 aromatic carbocycles. The summed E-state index contributed by atoms with van der Waals surface area (Å²) in [5.41, 5.74) is -0.396. The Hall–Kier alpha value is -1.08. The number of hydrogen-bond donors (Lipinski definition) is 0. The van der Waals surface area contributed by atoms with Gasteiger partial charge in [0.1, 0.15) is 12.5 Å². The van der Waals surface area contributed by atoms with Crippen molar-refractivity contribution in [3.63, 3.8) is 0 Å². The minimum Gasteiger partial charge on any atom is -0.276 e. The van der Waals surface area contributed by atoms with Crippen LogP contribution in [-0.4, -0.2) is 41.7 Å². The van der Waals surface area contributed by atoms with E-state index in [1.165, 1.54) is 7.05 Å². The van der Waals surface area contributed by atoms with Gasteiger partial charge in [-0.2, -0.15) is 27.1 Å². The highest BCUT2D eigenvalue weighted by Crippen LogP contribution is 2.42. The fourth-order valence-corrected chi connectivity index (χ4v) is 1.66. The summed E-state index contributed by atoms with van der Waals surface area (Å²) in [6.45, 7) is 5.30. The zero-order chi connectivity index (χ0) is 14.4. The molecule has 106 valence electrons. The third-order valence-corrected chi connectivity index (χ3v) is 2.57. The molecule has 0 aromatic rings. The van der Waals surface area contributed by atoms with Crippen molar-refractivity contribution in [2.45, 2.75) is 45.6 Å². The van der Waals surface area contributed by atoms with Gasteiger partial charge in [-0.3, -0.25) is 9.91 Å². The molecule has 3 nitrogen and oxygen atoms in total. The smallest absolute Gasteiger partial charge is 0.276 e. The van der Waals surface area contributed by atoms with Crippen LogP contribution in [0, 0.1) is 5.41 Å². The molecule has 1 aliphatic heterocycles. The van der Waals surface area contributed by atoms with E-state index in [9.17, 15) is 22.0 Å². The monoisotopic (exact) mass is 273 g/mol. The van der Waals surface area contributed by atoms with Crippen molar-refractivity contribution < 1.29 is 22.0 Å². The summed E-state index contributed by atoms with van der Waals surface area (Å²) < 4.78 is 63.7. The summed E-state index contributed by atoms with van der Waals surface area (Å²) >= 11 is 0. The maximum absolute atomic E-state index is 13.3. The molecular weight excluding hydrogens is 257 g/mol. The van der Waals surface area contributed by atoms with Gasteiger partial charge < -0.3 is 0 Å². The fraction of sp³-hybridized carbons (Fsp3) is 0.900. The number of halogens is 5. The lowest BCUT2D eigenvalue weighted by Crippen LogP contribution is -2.57. The van der Waals surface area contributed by atoms with Gasteiger partial charge in [-0.1, -0.05) is 20.8 Å². The van der Waals surface area contributed by atoms with E-state index in [-0.39, 0.29) is 11.3 Å². The summed E-state index contributed by atoms with van der Waals surface area (Å²) in [6.07, 6.45) is -6.05. The molecule has 18 heavy (non-hydrogen) atoms. The molecular formula is C10H16F5N3. The zero-order valence-corrected chi connectivity index (χ0v) is 10.6. The minimum atomic E-state index is -5.62. The molecule has 0 saturated heterocycles. The lowest BCUT2D eigenvalue weighted by atomic mass is 9.90. The average molecular weight is 273 g/mol.